The molecule has 6 nitrogen and oxygen atoms in total. The van der Waals surface area contributed by atoms with Crippen LogP contribution in [-0.4, -0.2) is 26.6 Å². The molecule has 1 amide bonds. The quantitative estimate of drug-likeness (QED) is 0.745. The maximum absolute atomic E-state index is 12.8. The molecule has 150 valence electrons. The predicted octanol–water partition coefficient (Wildman–Crippen LogP) is 3.04. The van der Waals surface area contributed by atoms with E-state index in [2.05, 4.69) is 5.32 Å². The number of rotatable bonds is 3. The summed E-state index contributed by atoms with van der Waals surface area (Å²) in [5.41, 5.74) is 9.93. The van der Waals surface area contributed by atoms with E-state index >= 15 is 0 Å². The van der Waals surface area contributed by atoms with E-state index in [0.29, 0.717) is 24.2 Å². The molecule has 0 radical (unpaired) electrons. The van der Waals surface area contributed by atoms with Crippen molar-refractivity contribution in [3.8, 4) is 0 Å². The van der Waals surface area contributed by atoms with E-state index in [0.717, 1.165) is 30.5 Å². The number of carbonyl (C=O) groups excluding carboxylic acids is 1. The van der Waals surface area contributed by atoms with Crippen LogP contribution in [0.2, 0.25) is 0 Å². The summed E-state index contributed by atoms with van der Waals surface area (Å²) in [6, 6.07) is 12.6. The van der Waals surface area contributed by atoms with Crippen LogP contribution in [0.4, 0.5) is 11.4 Å². The fourth-order valence-corrected chi connectivity index (χ4v) is 5.51. The Bertz CT molecular complexity index is 994. The lowest BCUT2D eigenvalue weighted by atomic mass is 9.87. The first-order chi connectivity index (χ1) is 12.9. The average Bonchev–Trinajstić information content (AvgIpc) is 3.01. The predicted molar refractivity (Wildman–Crippen MR) is 113 cm³/mol. The van der Waals surface area contributed by atoms with Crippen LogP contribution in [0.15, 0.2) is 42.5 Å². The van der Waals surface area contributed by atoms with Crippen LogP contribution in [0.3, 0.4) is 0 Å². The second-order valence-electron chi connectivity index (χ2n) is 7.17. The second kappa shape index (κ2) is 8.01. The van der Waals surface area contributed by atoms with E-state index in [4.69, 9.17) is 5.73 Å². The standard InChI is InChI=1S/C20H23N3O3S.ClH/c21-16-8-9-18-14(12-16)4-2-7-19(18)22-20(24)15-5-1-6-17(13-15)23-10-3-11-27(23,25)26;/h1,5-6,8-9,12-13,19H,2-4,7,10-11,21H2,(H,22,24);1H. The number of benzene rings is 2. The van der Waals surface area contributed by atoms with Gasteiger partial charge in [0.05, 0.1) is 17.5 Å². The minimum atomic E-state index is -3.26. The summed E-state index contributed by atoms with van der Waals surface area (Å²) in [5, 5.41) is 3.10. The lowest BCUT2D eigenvalue weighted by molar-refractivity contribution is 0.0933. The van der Waals surface area contributed by atoms with Gasteiger partial charge in [0.1, 0.15) is 0 Å². The number of nitrogen functional groups attached to an aromatic ring is 1. The topological polar surface area (TPSA) is 92.5 Å². The van der Waals surface area contributed by atoms with Crippen LogP contribution >= 0.6 is 12.4 Å². The normalized spacial score (nSPS) is 20.1. The summed E-state index contributed by atoms with van der Waals surface area (Å²) in [6.07, 6.45) is 3.45. The van der Waals surface area contributed by atoms with Crippen LogP contribution in [0.25, 0.3) is 0 Å². The Hall–Kier alpha value is -2.25. The first-order valence-electron chi connectivity index (χ1n) is 9.24. The van der Waals surface area contributed by atoms with Crippen molar-refractivity contribution in [1.29, 1.82) is 0 Å². The van der Waals surface area contributed by atoms with Crippen molar-refractivity contribution in [1.82, 2.24) is 5.32 Å². The molecule has 2 aromatic carbocycles. The molecule has 0 aromatic heterocycles. The fraction of sp³-hybridized carbons (Fsp3) is 0.350. The molecule has 1 heterocycles. The van der Waals surface area contributed by atoms with E-state index in [1.165, 1.54) is 9.87 Å². The molecule has 1 saturated heterocycles. The van der Waals surface area contributed by atoms with Crippen molar-refractivity contribution < 1.29 is 13.2 Å². The van der Waals surface area contributed by atoms with E-state index < -0.39 is 10.0 Å². The Morgan fingerprint density at radius 2 is 1.96 bits per heavy atom. The summed E-state index contributed by atoms with van der Waals surface area (Å²) in [6.45, 7) is 0.463. The van der Waals surface area contributed by atoms with Gasteiger partial charge in [-0.1, -0.05) is 12.1 Å². The lowest BCUT2D eigenvalue weighted by Gasteiger charge is -2.27. The number of sulfonamides is 1. The van der Waals surface area contributed by atoms with Crippen LogP contribution in [0.5, 0.6) is 0 Å². The van der Waals surface area contributed by atoms with Gasteiger partial charge in [0.25, 0.3) is 5.91 Å². The number of anilines is 2. The third-order valence-electron chi connectivity index (χ3n) is 5.28. The third kappa shape index (κ3) is 3.95. The number of nitrogens with one attached hydrogen (secondary N) is 1. The maximum atomic E-state index is 12.8. The number of carbonyl (C=O) groups is 1. The molecule has 3 N–H and O–H groups in total. The van der Waals surface area contributed by atoms with E-state index in [-0.39, 0.29) is 30.1 Å². The number of nitrogens with two attached hydrogens (primary N) is 1. The zero-order valence-electron chi connectivity index (χ0n) is 15.4. The van der Waals surface area contributed by atoms with Gasteiger partial charge in [-0.05, 0) is 67.1 Å². The minimum Gasteiger partial charge on any atom is -0.399 e. The molecule has 1 fully saturated rings. The summed E-state index contributed by atoms with van der Waals surface area (Å²) >= 11 is 0. The van der Waals surface area contributed by atoms with Crippen molar-refractivity contribution in [2.75, 3.05) is 22.3 Å². The Kier molecular flexibility index (Phi) is 5.86. The highest BCUT2D eigenvalue weighted by Crippen LogP contribution is 2.31. The molecule has 0 saturated carbocycles. The SMILES string of the molecule is Cl.Nc1ccc2c(c1)CCCC2NC(=O)c1cccc(N2CCCS2(=O)=O)c1. The van der Waals surface area contributed by atoms with E-state index in [1.54, 1.807) is 24.3 Å². The van der Waals surface area contributed by atoms with Crippen LogP contribution < -0.4 is 15.4 Å². The molecule has 1 aliphatic heterocycles. The summed E-state index contributed by atoms with van der Waals surface area (Å²) < 4.78 is 25.7. The molecule has 2 aromatic rings. The van der Waals surface area contributed by atoms with Gasteiger partial charge < -0.3 is 11.1 Å². The molecular weight excluding hydrogens is 398 g/mol. The van der Waals surface area contributed by atoms with Crippen molar-refractivity contribution >= 4 is 39.7 Å². The summed E-state index contributed by atoms with van der Waals surface area (Å²) in [5.74, 6) is -0.0334. The Morgan fingerprint density at radius 3 is 2.71 bits per heavy atom. The van der Waals surface area contributed by atoms with Crippen molar-refractivity contribution in [2.24, 2.45) is 0 Å². The molecular formula is C20H24ClN3O3S. The van der Waals surface area contributed by atoms with Gasteiger partial charge >= 0.3 is 0 Å². The van der Waals surface area contributed by atoms with E-state index in [1.807, 2.05) is 18.2 Å². The highest BCUT2D eigenvalue weighted by molar-refractivity contribution is 7.93. The fourth-order valence-electron chi connectivity index (χ4n) is 3.96. The van der Waals surface area contributed by atoms with Crippen molar-refractivity contribution in [3.63, 3.8) is 0 Å². The number of aryl methyl sites for hydroxylation is 1. The molecule has 1 aliphatic carbocycles. The number of amides is 1. The van der Waals surface area contributed by atoms with E-state index in [9.17, 15) is 13.2 Å². The molecule has 0 spiro atoms. The van der Waals surface area contributed by atoms with Gasteiger partial charge in [-0.2, -0.15) is 0 Å². The van der Waals surface area contributed by atoms with Crippen molar-refractivity contribution in [3.05, 3.63) is 59.2 Å². The number of hydrogen-bond donors (Lipinski definition) is 2. The molecule has 28 heavy (non-hydrogen) atoms. The first kappa shape index (κ1) is 20.5. The monoisotopic (exact) mass is 421 g/mol. The van der Waals surface area contributed by atoms with Crippen LogP contribution in [-0.2, 0) is 16.4 Å². The zero-order chi connectivity index (χ0) is 19.0. The van der Waals surface area contributed by atoms with Crippen molar-refractivity contribution in [2.45, 2.75) is 31.7 Å². The molecule has 0 bridgehead atoms. The Labute approximate surface area is 171 Å². The average molecular weight is 422 g/mol. The summed E-state index contributed by atoms with van der Waals surface area (Å²) in [4.78, 5) is 12.8. The van der Waals surface area contributed by atoms with Crippen LogP contribution in [0, 0.1) is 0 Å². The summed E-state index contributed by atoms with van der Waals surface area (Å²) in [7, 11) is -3.26. The first-order valence-corrected chi connectivity index (χ1v) is 10.8. The number of hydrogen-bond acceptors (Lipinski definition) is 4. The molecule has 1 unspecified atom stereocenters. The molecule has 4 rings (SSSR count). The highest BCUT2D eigenvalue weighted by Gasteiger charge is 2.29. The van der Waals surface area contributed by atoms with Gasteiger partial charge in [0.15, 0.2) is 0 Å². The molecule has 8 heteroatoms. The van der Waals surface area contributed by atoms with Crippen LogP contribution in [0.1, 0.15) is 46.8 Å². The molecule has 1 atom stereocenters. The van der Waals surface area contributed by atoms with Gasteiger partial charge in [-0.25, -0.2) is 8.42 Å². The lowest BCUT2D eigenvalue weighted by Crippen LogP contribution is -2.31. The number of halogens is 1. The number of nitrogens with zero attached hydrogens (tertiary/aromatic N) is 1. The van der Waals surface area contributed by atoms with Gasteiger partial charge in [-0.15, -0.1) is 12.4 Å². The Balaban J connectivity index is 0.00000225. The minimum absolute atomic E-state index is 0. The maximum Gasteiger partial charge on any atom is 0.251 e. The number of fused-ring (bicyclic) bond motifs is 1. The Morgan fingerprint density at radius 1 is 1.14 bits per heavy atom. The highest BCUT2D eigenvalue weighted by atomic mass is 35.5. The zero-order valence-corrected chi connectivity index (χ0v) is 17.1. The van der Waals surface area contributed by atoms with Gasteiger partial charge in [0, 0.05) is 17.8 Å². The largest absolute Gasteiger partial charge is 0.399 e. The smallest absolute Gasteiger partial charge is 0.251 e. The third-order valence-corrected chi connectivity index (χ3v) is 7.15. The second-order valence-corrected chi connectivity index (χ2v) is 9.18. The molecule has 2 aliphatic rings. The van der Waals surface area contributed by atoms with Gasteiger partial charge in [-0.3, -0.25) is 9.10 Å². The van der Waals surface area contributed by atoms with Gasteiger partial charge in [0.2, 0.25) is 10.0 Å².